The van der Waals surface area contributed by atoms with Crippen molar-refractivity contribution in [1.29, 1.82) is 0 Å². The third kappa shape index (κ3) is 3.37. The van der Waals surface area contributed by atoms with Crippen LogP contribution in [0.2, 0.25) is 0 Å². The fourth-order valence-electron chi connectivity index (χ4n) is 2.44. The fraction of sp³-hybridized carbons (Fsp3) is 0.118. The Bertz CT molecular complexity index is 841. The highest BCUT2D eigenvalue weighted by molar-refractivity contribution is 6.21. The monoisotopic (exact) mass is 338 g/mol. The fourth-order valence-corrected chi connectivity index (χ4v) is 2.44. The molecule has 2 aromatic rings. The third-order valence-electron chi connectivity index (χ3n) is 3.52. The Balaban J connectivity index is 1.65. The lowest BCUT2D eigenvalue weighted by molar-refractivity contribution is -0.116. The molecule has 0 atom stereocenters. The highest BCUT2D eigenvalue weighted by Gasteiger charge is 2.37. The van der Waals surface area contributed by atoms with Crippen LogP contribution >= 0.6 is 0 Å². The van der Waals surface area contributed by atoms with Gasteiger partial charge in [-0.15, -0.1) is 0 Å². The average Bonchev–Trinajstić information content (AvgIpc) is 2.82. The molecule has 126 valence electrons. The molecule has 0 bridgehead atoms. The van der Waals surface area contributed by atoms with Gasteiger partial charge in [0.05, 0.1) is 5.56 Å². The van der Waals surface area contributed by atoms with Crippen LogP contribution in [0.5, 0.6) is 0 Å². The quantitative estimate of drug-likeness (QED) is 0.816. The molecule has 1 aliphatic rings. The summed E-state index contributed by atoms with van der Waals surface area (Å²) in [6.07, 6.45) is 1.42. The first kappa shape index (κ1) is 16.3. The maximum Gasteiger partial charge on any atom is 0.280 e. The van der Waals surface area contributed by atoms with Gasteiger partial charge in [-0.25, -0.2) is 0 Å². The Labute approximate surface area is 142 Å². The van der Waals surface area contributed by atoms with Crippen molar-refractivity contribution in [2.24, 2.45) is 0 Å². The lowest BCUT2D eigenvalue weighted by Crippen LogP contribution is -2.37. The highest BCUT2D eigenvalue weighted by Crippen LogP contribution is 2.20. The summed E-state index contributed by atoms with van der Waals surface area (Å²) in [6, 6.07) is 9.53. The van der Waals surface area contributed by atoms with E-state index in [1.165, 1.54) is 19.2 Å². The number of benzene rings is 1. The van der Waals surface area contributed by atoms with Crippen molar-refractivity contribution < 1.29 is 19.2 Å². The van der Waals surface area contributed by atoms with Gasteiger partial charge in [0.15, 0.2) is 0 Å². The second kappa shape index (κ2) is 6.52. The van der Waals surface area contributed by atoms with Gasteiger partial charge >= 0.3 is 0 Å². The van der Waals surface area contributed by atoms with Crippen LogP contribution in [0.15, 0.2) is 42.6 Å². The summed E-state index contributed by atoms with van der Waals surface area (Å²) < 4.78 is 0. The molecule has 8 nitrogen and oxygen atoms in total. The summed E-state index contributed by atoms with van der Waals surface area (Å²) in [5.74, 6) is -1.83. The number of nitrogens with one attached hydrogen (secondary N) is 2. The number of carbonyl (C=O) groups excluding carboxylic acids is 4. The predicted octanol–water partition coefficient (Wildman–Crippen LogP) is 1.27. The summed E-state index contributed by atoms with van der Waals surface area (Å²) in [4.78, 5) is 52.2. The molecule has 3 rings (SSSR count). The molecule has 0 aliphatic carbocycles. The van der Waals surface area contributed by atoms with E-state index in [4.69, 9.17) is 0 Å². The van der Waals surface area contributed by atoms with E-state index in [1.54, 1.807) is 30.3 Å². The zero-order chi connectivity index (χ0) is 18.0. The minimum Gasteiger partial charge on any atom is -0.326 e. The molecule has 0 saturated heterocycles. The van der Waals surface area contributed by atoms with Crippen LogP contribution in [0, 0.1) is 0 Å². The van der Waals surface area contributed by atoms with Crippen molar-refractivity contribution in [2.45, 2.75) is 6.92 Å². The maximum atomic E-state index is 12.2. The number of fused-ring (bicyclic) bond motifs is 1. The first-order valence-electron chi connectivity index (χ1n) is 7.44. The number of carbonyl (C=O) groups is 4. The SMILES string of the molecule is CC(=O)Nc1ccc(NC(=O)CN2C(=O)c3cccnc3C2=O)cc1. The van der Waals surface area contributed by atoms with Gasteiger partial charge < -0.3 is 10.6 Å². The molecule has 0 radical (unpaired) electrons. The number of hydrogen-bond donors (Lipinski definition) is 2. The zero-order valence-corrected chi connectivity index (χ0v) is 13.3. The minimum atomic E-state index is -0.586. The van der Waals surface area contributed by atoms with E-state index >= 15 is 0 Å². The van der Waals surface area contributed by atoms with Crippen LogP contribution in [-0.2, 0) is 9.59 Å². The molecule has 0 fully saturated rings. The van der Waals surface area contributed by atoms with Gasteiger partial charge in [0.1, 0.15) is 12.2 Å². The van der Waals surface area contributed by atoms with E-state index in [0.717, 1.165) is 4.90 Å². The molecule has 0 unspecified atom stereocenters. The molecule has 8 heteroatoms. The Kier molecular flexibility index (Phi) is 4.25. The average molecular weight is 338 g/mol. The van der Waals surface area contributed by atoms with Crippen molar-refractivity contribution in [3.8, 4) is 0 Å². The third-order valence-corrected chi connectivity index (χ3v) is 3.52. The molecule has 2 heterocycles. The number of aromatic nitrogens is 1. The van der Waals surface area contributed by atoms with E-state index in [9.17, 15) is 19.2 Å². The van der Waals surface area contributed by atoms with Gasteiger partial charge in [-0.2, -0.15) is 0 Å². The standard InChI is InChI=1S/C17H14N4O4/c1-10(22)19-11-4-6-12(7-5-11)20-14(23)9-21-16(24)13-3-2-8-18-15(13)17(21)25/h2-8H,9H2,1H3,(H,19,22)(H,20,23). The Hall–Kier alpha value is -3.55. The molecule has 1 aromatic carbocycles. The van der Waals surface area contributed by atoms with Crippen LogP contribution < -0.4 is 10.6 Å². The predicted molar refractivity (Wildman–Crippen MR) is 89.0 cm³/mol. The van der Waals surface area contributed by atoms with Crippen molar-refractivity contribution in [3.63, 3.8) is 0 Å². The highest BCUT2D eigenvalue weighted by atomic mass is 16.2. The van der Waals surface area contributed by atoms with Crippen LogP contribution in [0.1, 0.15) is 27.8 Å². The molecule has 25 heavy (non-hydrogen) atoms. The number of pyridine rings is 1. The van der Waals surface area contributed by atoms with Gasteiger partial charge in [-0.3, -0.25) is 29.1 Å². The number of anilines is 2. The molecular weight excluding hydrogens is 324 g/mol. The minimum absolute atomic E-state index is 0.0555. The van der Waals surface area contributed by atoms with Gasteiger partial charge in [0.2, 0.25) is 11.8 Å². The largest absolute Gasteiger partial charge is 0.326 e. The second-order valence-electron chi connectivity index (χ2n) is 5.40. The van der Waals surface area contributed by atoms with Crippen molar-refractivity contribution in [1.82, 2.24) is 9.88 Å². The molecule has 1 aromatic heterocycles. The lowest BCUT2D eigenvalue weighted by Gasteiger charge is -2.13. The molecule has 1 aliphatic heterocycles. The van der Waals surface area contributed by atoms with E-state index in [-0.39, 0.29) is 17.2 Å². The number of imide groups is 1. The smallest absolute Gasteiger partial charge is 0.280 e. The van der Waals surface area contributed by atoms with E-state index < -0.39 is 24.3 Å². The van der Waals surface area contributed by atoms with Crippen molar-refractivity contribution in [2.75, 3.05) is 17.2 Å². The molecule has 2 N–H and O–H groups in total. The van der Waals surface area contributed by atoms with Crippen LogP contribution in [-0.4, -0.2) is 40.1 Å². The number of nitrogens with zero attached hydrogens (tertiary/aromatic N) is 2. The van der Waals surface area contributed by atoms with Crippen molar-refractivity contribution in [3.05, 3.63) is 53.9 Å². The summed E-state index contributed by atoms with van der Waals surface area (Å²) in [7, 11) is 0. The van der Waals surface area contributed by atoms with Gasteiger partial charge in [-0.05, 0) is 36.4 Å². The maximum absolute atomic E-state index is 12.2. The molecule has 4 amide bonds. The zero-order valence-electron chi connectivity index (χ0n) is 13.3. The number of rotatable bonds is 4. The van der Waals surface area contributed by atoms with Gasteiger partial charge in [0.25, 0.3) is 11.8 Å². The summed E-state index contributed by atoms with van der Waals surface area (Å²) in [5.41, 5.74) is 1.32. The molecular formula is C17H14N4O4. The van der Waals surface area contributed by atoms with Crippen LogP contribution in [0.4, 0.5) is 11.4 Å². The molecule has 0 saturated carbocycles. The topological polar surface area (TPSA) is 108 Å². The van der Waals surface area contributed by atoms with E-state index in [1.807, 2.05) is 0 Å². The van der Waals surface area contributed by atoms with Crippen molar-refractivity contribution >= 4 is 35.0 Å². The van der Waals surface area contributed by atoms with Crippen LogP contribution in [0.25, 0.3) is 0 Å². The van der Waals surface area contributed by atoms with E-state index in [0.29, 0.717) is 11.4 Å². The van der Waals surface area contributed by atoms with Gasteiger partial charge in [0, 0.05) is 24.5 Å². The first-order chi connectivity index (χ1) is 12.0. The lowest BCUT2D eigenvalue weighted by atomic mass is 10.2. The Morgan fingerprint density at radius 1 is 1.00 bits per heavy atom. The van der Waals surface area contributed by atoms with Gasteiger partial charge in [-0.1, -0.05) is 0 Å². The summed E-state index contributed by atoms with van der Waals surface area (Å²) >= 11 is 0. The normalized spacial score (nSPS) is 12.8. The number of hydrogen-bond acceptors (Lipinski definition) is 5. The Morgan fingerprint density at radius 3 is 2.24 bits per heavy atom. The summed E-state index contributed by atoms with van der Waals surface area (Å²) in [5, 5.41) is 5.21. The number of amides is 4. The van der Waals surface area contributed by atoms with E-state index in [2.05, 4.69) is 15.6 Å². The Morgan fingerprint density at radius 2 is 1.64 bits per heavy atom. The summed E-state index contributed by atoms with van der Waals surface area (Å²) in [6.45, 7) is 0.994. The van der Waals surface area contributed by atoms with Crippen LogP contribution in [0.3, 0.4) is 0 Å². The first-order valence-corrected chi connectivity index (χ1v) is 7.44. The molecule has 0 spiro atoms. The second-order valence-corrected chi connectivity index (χ2v) is 5.40.